The molecule has 5 heteroatoms. The molecule has 1 heterocycles. The first-order valence-electron chi connectivity index (χ1n) is 7.16. The topological polar surface area (TPSA) is 68.3 Å². The minimum atomic E-state index is -0.474. The highest BCUT2D eigenvalue weighted by atomic mass is 16.6. The number of amides is 1. The lowest BCUT2D eigenvalue weighted by Crippen LogP contribution is -2.25. The Morgan fingerprint density at radius 1 is 1.24 bits per heavy atom. The zero-order valence-corrected chi connectivity index (χ0v) is 13.2. The summed E-state index contributed by atoms with van der Waals surface area (Å²) in [5.74, 6) is -0.336. The summed E-state index contributed by atoms with van der Waals surface area (Å²) in [5, 5.41) is 2.81. The first-order chi connectivity index (χ1) is 9.76. The van der Waals surface area contributed by atoms with Gasteiger partial charge in [0.1, 0.15) is 5.60 Å². The van der Waals surface area contributed by atoms with Crippen molar-refractivity contribution in [1.82, 2.24) is 10.3 Å². The van der Waals surface area contributed by atoms with E-state index in [-0.39, 0.29) is 18.3 Å². The standard InChI is InChI=1S/C16H24N2O3/c1-12-8-9-13(10-17-12)11-18-14(19)6-5-7-15(20)21-16(2,3)4/h8-10H,5-7,11H2,1-4H3,(H,18,19). The second-order valence-electron chi connectivity index (χ2n) is 6.02. The molecular weight excluding hydrogens is 268 g/mol. The molecule has 0 radical (unpaired) electrons. The summed E-state index contributed by atoms with van der Waals surface area (Å²) < 4.78 is 5.18. The maximum atomic E-state index is 11.7. The molecule has 1 N–H and O–H groups in total. The third-order valence-electron chi connectivity index (χ3n) is 2.67. The average Bonchev–Trinajstić information content (AvgIpc) is 2.36. The van der Waals surface area contributed by atoms with Crippen LogP contribution in [0.4, 0.5) is 0 Å². The molecule has 116 valence electrons. The van der Waals surface area contributed by atoms with Crippen LogP contribution >= 0.6 is 0 Å². The lowest BCUT2D eigenvalue weighted by molar-refractivity contribution is -0.154. The van der Waals surface area contributed by atoms with Crippen molar-refractivity contribution in [3.63, 3.8) is 0 Å². The molecule has 1 rings (SSSR count). The number of hydrogen-bond acceptors (Lipinski definition) is 4. The quantitative estimate of drug-likeness (QED) is 0.818. The molecule has 0 aliphatic carbocycles. The molecular formula is C16H24N2O3. The smallest absolute Gasteiger partial charge is 0.306 e. The molecule has 5 nitrogen and oxygen atoms in total. The van der Waals surface area contributed by atoms with Crippen molar-refractivity contribution in [1.29, 1.82) is 0 Å². The van der Waals surface area contributed by atoms with Crippen LogP contribution in [-0.2, 0) is 20.9 Å². The number of rotatable bonds is 6. The maximum absolute atomic E-state index is 11.7. The van der Waals surface area contributed by atoms with Crippen molar-refractivity contribution in [2.75, 3.05) is 0 Å². The van der Waals surface area contributed by atoms with Crippen LogP contribution < -0.4 is 5.32 Å². The number of aryl methyl sites for hydroxylation is 1. The Hall–Kier alpha value is -1.91. The monoisotopic (exact) mass is 292 g/mol. The fourth-order valence-corrected chi connectivity index (χ4v) is 1.68. The predicted octanol–water partition coefficient (Wildman–Crippen LogP) is 2.52. The third-order valence-corrected chi connectivity index (χ3v) is 2.67. The zero-order chi connectivity index (χ0) is 15.9. The van der Waals surface area contributed by atoms with E-state index in [2.05, 4.69) is 10.3 Å². The number of pyridine rings is 1. The van der Waals surface area contributed by atoms with Crippen molar-refractivity contribution in [3.05, 3.63) is 29.6 Å². The van der Waals surface area contributed by atoms with Gasteiger partial charge in [0.25, 0.3) is 0 Å². The number of aromatic nitrogens is 1. The summed E-state index contributed by atoms with van der Waals surface area (Å²) >= 11 is 0. The highest BCUT2D eigenvalue weighted by Crippen LogP contribution is 2.09. The SMILES string of the molecule is Cc1ccc(CNC(=O)CCCC(=O)OC(C)(C)C)cn1. The summed E-state index contributed by atoms with van der Waals surface area (Å²) in [6.45, 7) is 7.85. The number of hydrogen-bond donors (Lipinski definition) is 1. The van der Waals surface area contributed by atoms with E-state index >= 15 is 0 Å². The van der Waals surface area contributed by atoms with Crippen LogP contribution in [0.1, 0.15) is 51.3 Å². The minimum Gasteiger partial charge on any atom is -0.460 e. The number of ether oxygens (including phenoxy) is 1. The molecule has 0 unspecified atom stereocenters. The van der Waals surface area contributed by atoms with E-state index in [4.69, 9.17) is 4.74 Å². The first kappa shape index (κ1) is 17.1. The molecule has 21 heavy (non-hydrogen) atoms. The van der Waals surface area contributed by atoms with Crippen molar-refractivity contribution in [3.8, 4) is 0 Å². The van der Waals surface area contributed by atoms with Crippen molar-refractivity contribution >= 4 is 11.9 Å². The van der Waals surface area contributed by atoms with Gasteiger partial charge in [-0.05, 0) is 45.7 Å². The van der Waals surface area contributed by atoms with Crippen LogP contribution in [0.15, 0.2) is 18.3 Å². The van der Waals surface area contributed by atoms with Crippen LogP contribution in [0, 0.1) is 6.92 Å². The van der Waals surface area contributed by atoms with Gasteiger partial charge in [0.2, 0.25) is 5.91 Å². The minimum absolute atomic E-state index is 0.0702. The average molecular weight is 292 g/mol. The first-order valence-corrected chi connectivity index (χ1v) is 7.16. The lowest BCUT2D eigenvalue weighted by Gasteiger charge is -2.19. The largest absolute Gasteiger partial charge is 0.460 e. The van der Waals surface area contributed by atoms with E-state index in [0.29, 0.717) is 19.4 Å². The van der Waals surface area contributed by atoms with Gasteiger partial charge in [-0.15, -0.1) is 0 Å². The van der Waals surface area contributed by atoms with Gasteiger partial charge in [-0.25, -0.2) is 0 Å². The molecule has 0 spiro atoms. The Labute approximate surface area is 126 Å². The maximum Gasteiger partial charge on any atom is 0.306 e. The molecule has 0 atom stereocenters. The van der Waals surface area contributed by atoms with Crippen molar-refractivity contribution in [2.24, 2.45) is 0 Å². The van der Waals surface area contributed by atoms with E-state index in [1.807, 2.05) is 39.8 Å². The summed E-state index contributed by atoms with van der Waals surface area (Å²) in [5.41, 5.74) is 1.43. The number of nitrogens with zero attached hydrogens (tertiary/aromatic N) is 1. The molecule has 0 fully saturated rings. The number of esters is 1. The van der Waals surface area contributed by atoms with Crippen molar-refractivity contribution in [2.45, 2.75) is 59.1 Å². The van der Waals surface area contributed by atoms with Crippen molar-refractivity contribution < 1.29 is 14.3 Å². The molecule has 0 aliphatic rings. The van der Waals surface area contributed by atoms with E-state index in [1.54, 1.807) is 6.20 Å². The van der Waals surface area contributed by atoms with Gasteiger partial charge in [0.15, 0.2) is 0 Å². The van der Waals surface area contributed by atoms with Gasteiger partial charge in [0.05, 0.1) is 0 Å². The molecule has 1 aromatic heterocycles. The highest BCUT2D eigenvalue weighted by molar-refractivity contribution is 5.77. The molecule has 0 aliphatic heterocycles. The van der Waals surface area contributed by atoms with Gasteiger partial charge >= 0.3 is 5.97 Å². The van der Waals surface area contributed by atoms with Gasteiger partial charge < -0.3 is 10.1 Å². The molecule has 0 aromatic carbocycles. The zero-order valence-electron chi connectivity index (χ0n) is 13.2. The molecule has 1 amide bonds. The Morgan fingerprint density at radius 2 is 1.95 bits per heavy atom. The van der Waals surface area contributed by atoms with Gasteiger partial charge in [-0.3, -0.25) is 14.6 Å². The number of carbonyl (C=O) groups is 2. The normalized spacial score (nSPS) is 11.0. The molecule has 0 saturated carbocycles. The van der Waals surface area contributed by atoms with Crippen LogP contribution in [-0.4, -0.2) is 22.5 Å². The van der Waals surface area contributed by atoms with E-state index in [0.717, 1.165) is 11.3 Å². The fraction of sp³-hybridized carbons (Fsp3) is 0.562. The van der Waals surface area contributed by atoms with E-state index < -0.39 is 5.60 Å². The molecule has 1 aromatic rings. The van der Waals surface area contributed by atoms with Gasteiger partial charge in [0, 0.05) is 31.3 Å². The second kappa shape index (κ2) is 7.76. The van der Waals surface area contributed by atoms with Gasteiger partial charge in [-0.2, -0.15) is 0 Å². The Bertz CT molecular complexity index is 475. The number of carbonyl (C=O) groups excluding carboxylic acids is 2. The summed E-state index contributed by atoms with van der Waals surface area (Å²) in [7, 11) is 0. The predicted molar refractivity (Wildman–Crippen MR) is 80.5 cm³/mol. The highest BCUT2D eigenvalue weighted by Gasteiger charge is 2.16. The molecule has 0 bridgehead atoms. The fourth-order valence-electron chi connectivity index (χ4n) is 1.68. The Balaban J connectivity index is 2.19. The third kappa shape index (κ3) is 8.07. The summed E-state index contributed by atoms with van der Waals surface area (Å²) in [4.78, 5) is 27.3. The van der Waals surface area contributed by atoms with Crippen LogP contribution in [0.3, 0.4) is 0 Å². The Morgan fingerprint density at radius 3 is 2.52 bits per heavy atom. The van der Waals surface area contributed by atoms with E-state index in [9.17, 15) is 9.59 Å². The van der Waals surface area contributed by atoms with E-state index in [1.165, 1.54) is 0 Å². The second-order valence-corrected chi connectivity index (χ2v) is 6.02. The van der Waals surface area contributed by atoms with Crippen LogP contribution in [0.2, 0.25) is 0 Å². The summed E-state index contributed by atoms with van der Waals surface area (Å²) in [6.07, 6.45) is 2.82. The number of nitrogens with one attached hydrogen (secondary N) is 1. The van der Waals surface area contributed by atoms with Gasteiger partial charge in [-0.1, -0.05) is 6.07 Å². The lowest BCUT2D eigenvalue weighted by atomic mass is 10.2. The van der Waals surface area contributed by atoms with Crippen LogP contribution in [0.5, 0.6) is 0 Å². The van der Waals surface area contributed by atoms with Crippen LogP contribution in [0.25, 0.3) is 0 Å². The molecule has 0 saturated heterocycles. The Kier molecular flexibility index (Phi) is 6.34. The summed E-state index contributed by atoms with van der Waals surface area (Å²) in [6, 6.07) is 3.84.